The number of esters is 1. The second-order valence-electron chi connectivity index (χ2n) is 4.75. The number of nitrogens with zero attached hydrogens (tertiary/aromatic N) is 2. The number of nitrogens with one attached hydrogen (secondary N) is 1. The van der Waals surface area contributed by atoms with Crippen molar-refractivity contribution in [2.24, 2.45) is 5.14 Å². The Morgan fingerprint density at radius 2 is 2.23 bits per heavy atom. The summed E-state index contributed by atoms with van der Waals surface area (Å²) in [5.74, 6) is -0.665. The minimum atomic E-state index is -3.82. The molecule has 0 saturated carbocycles. The number of sulfonamides is 1. The molecule has 0 aromatic carbocycles. The number of aromatic nitrogens is 1. The van der Waals surface area contributed by atoms with Crippen molar-refractivity contribution < 1.29 is 22.7 Å². The highest BCUT2D eigenvalue weighted by atomic mass is 32.2. The maximum Gasteiger partial charge on any atom is 0.339 e. The molecule has 1 aromatic heterocycles. The third kappa shape index (κ3) is 3.02. The Balaban J connectivity index is 2.43. The molecule has 0 bridgehead atoms. The molecule has 2 heterocycles. The average molecular weight is 328 g/mol. The molecule has 0 radical (unpaired) electrons. The van der Waals surface area contributed by atoms with Gasteiger partial charge in [0.2, 0.25) is 15.9 Å². The molecule has 1 atom stereocenters. The van der Waals surface area contributed by atoms with Gasteiger partial charge in [0.25, 0.3) is 0 Å². The topological polar surface area (TPSA) is 132 Å². The molecule has 0 aliphatic carbocycles. The number of rotatable bonds is 4. The van der Waals surface area contributed by atoms with Crippen LogP contribution in [0.2, 0.25) is 0 Å². The van der Waals surface area contributed by atoms with Gasteiger partial charge in [0.1, 0.15) is 11.1 Å². The van der Waals surface area contributed by atoms with E-state index < -0.39 is 27.1 Å². The number of ether oxygens (including phenoxy) is 1. The van der Waals surface area contributed by atoms with Crippen LogP contribution in [0.1, 0.15) is 16.8 Å². The van der Waals surface area contributed by atoms with Gasteiger partial charge in [0.15, 0.2) is 0 Å². The molecular weight excluding hydrogens is 312 g/mol. The number of methoxy groups -OCH3 is 1. The third-order valence-electron chi connectivity index (χ3n) is 3.37. The van der Waals surface area contributed by atoms with Gasteiger partial charge in [-0.3, -0.25) is 4.79 Å². The standard InChI is InChI=1S/C12H16N4O5S/c1-14-11-9(3-7(5-15-11)12(18)21-2)16-6-8(4-10(16)17)22(13,19)20/h3,5,8H,4,6H2,1-2H3,(H,14,15)(H2,13,19,20). The first-order valence-corrected chi connectivity index (χ1v) is 7.97. The van der Waals surface area contributed by atoms with Gasteiger partial charge in [-0.2, -0.15) is 0 Å². The number of pyridine rings is 1. The van der Waals surface area contributed by atoms with Crippen molar-refractivity contribution in [1.29, 1.82) is 0 Å². The first-order chi connectivity index (χ1) is 10.3. The van der Waals surface area contributed by atoms with Crippen molar-refractivity contribution in [3.8, 4) is 0 Å². The van der Waals surface area contributed by atoms with Gasteiger partial charge in [-0.25, -0.2) is 23.3 Å². The maximum atomic E-state index is 12.1. The number of nitrogens with two attached hydrogens (primary N) is 1. The molecule has 1 fully saturated rings. The molecule has 0 spiro atoms. The van der Waals surface area contributed by atoms with Gasteiger partial charge in [-0.1, -0.05) is 0 Å². The number of amides is 1. The van der Waals surface area contributed by atoms with Crippen LogP contribution in [0.25, 0.3) is 0 Å². The number of carbonyl (C=O) groups excluding carboxylic acids is 2. The molecule has 1 amide bonds. The fraction of sp³-hybridized carbons (Fsp3) is 0.417. The Kier molecular flexibility index (Phi) is 4.33. The monoisotopic (exact) mass is 328 g/mol. The zero-order chi connectivity index (χ0) is 16.5. The Labute approximate surface area is 127 Å². The molecule has 1 saturated heterocycles. The summed E-state index contributed by atoms with van der Waals surface area (Å²) in [6.07, 6.45) is 1.10. The Hall–Kier alpha value is -2.20. The highest BCUT2D eigenvalue weighted by Crippen LogP contribution is 2.30. The van der Waals surface area contributed by atoms with Crippen LogP contribution in [0.5, 0.6) is 0 Å². The van der Waals surface area contributed by atoms with Gasteiger partial charge in [-0.15, -0.1) is 0 Å². The van der Waals surface area contributed by atoms with E-state index in [4.69, 9.17) is 5.14 Å². The molecule has 9 nitrogen and oxygen atoms in total. The second-order valence-corrected chi connectivity index (χ2v) is 6.60. The van der Waals surface area contributed by atoms with Gasteiger partial charge in [0, 0.05) is 26.2 Å². The summed E-state index contributed by atoms with van der Waals surface area (Å²) in [7, 11) is -0.995. The molecule has 22 heavy (non-hydrogen) atoms. The van der Waals surface area contributed by atoms with Crippen LogP contribution in [0.15, 0.2) is 12.3 Å². The van der Waals surface area contributed by atoms with Crippen LogP contribution in [-0.4, -0.2) is 51.2 Å². The van der Waals surface area contributed by atoms with E-state index in [9.17, 15) is 18.0 Å². The fourth-order valence-corrected chi connectivity index (χ4v) is 2.94. The molecule has 1 aromatic rings. The number of hydrogen-bond acceptors (Lipinski definition) is 7. The summed E-state index contributed by atoms with van der Waals surface area (Å²) in [5.41, 5.74) is 0.463. The fourth-order valence-electron chi connectivity index (χ4n) is 2.21. The maximum absolute atomic E-state index is 12.1. The van der Waals surface area contributed by atoms with E-state index in [1.165, 1.54) is 24.3 Å². The quantitative estimate of drug-likeness (QED) is 0.699. The third-order valence-corrected chi connectivity index (χ3v) is 4.62. The zero-order valence-corrected chi connectivity index (χ0v) is 12.9. The normalized spacial score (nSPS) is 18.4. The highest BCUT2D eigenvalue weighted by Gasteiger charge is 2.38. The molecule has 1 aliphatic rings. The Morgan fingerprint density at radius 3 is 2.73 bits per heavy atom. The van der Waals surface area contributed by atoms with Crippen molar-refractivity contribution in [3.63, 3.8) is 0 Å². The van der Waals surface area contributed by atoms with Crippen molar-refractivity contribution in [2.75, 3.05) is 30.9 Å². The lowest BCUT2D eigenvalue weighted by atomic mass is 10.2. The molecule has 120 valence electrons. The summed E-state index contributed by atoms with van der Waals surface area (Å²) >= 11 is 0. The predicted molar refractivity (Wildman–Crippen MR) is 79.0 cm³/mol. The van der Waals surface area contributed by atoms with E-state index in [0.29, 0.717) is 11.5 Å². The molecule has 10 heteroatoms. The van der Waals surface area contributed by atoms with E-state index >= 15 is 0 Å². The summed E-state index contributed by atoms with van der Waals surface area (Å²) < 4.78 is 27.5. The van der Waals surface area contributed by atoms with E-state index in [0.717, 1.165) is 0 Å². The van der Waals surface area contributed by atoms with Gasteiger partial charge >= 0.3 is 5.97 Å². The van der Waals surface area contributed by atoms with Crippen molar-refractivity contribution in [3.05, 3.63) is 17.8 Å². The summed E-state index contributed by atoms with van der Waals surface area (Å²) in [5, 5.41) is 6.91. The van der Waals surface area contributed by atoms with Crippen LogP contribution in [0, 0.1) is 0 Å². The van der Waals surface area contributed by atoms with Crippen molar-refractivity contribution in [1.82, 2.24) is 4.98 Å². The van der Waals surface area contributed by atoms with Crippen molar-refractivity contribution >= 4 is 33.4 Å². The van der Waals surface area contributed by atoms with Gasteiger partial charge < -0.3 is 15.0 Å². The lowest BCUT2D eigenvalue weighted by molar-refractivity contribution is -0.117. The second kappa shape index (κ2) is 5.89. The van der Waals surface area contributed by atoms with Crippen LogP contribution in [0.4, 0.5) is 11.5 Å². The lowest BCUT2D eigenvalue weighted by Gasteiger charge is -2.19. The summed E-state index contributed by atoms with van der Waals surface area (Å²) in [4.78, 5) is 29.0. The SMILES string of the molecule is CNc1ncc(C(=O)OC)cc1N1CC(S(N)(=O)=O)CC1=O. The van der Waals surface area contributed by atoms with Gasteiger partial charge in [-0.05, 0) is 6.07 Å². The Morgan fingerprint density at radius 1 is 1.55 bits per heavy atom. The molecule has 1 unspecified atom stereocenters. The number of anilines is 2. The number of primary sulfonamides is 1. The van der Waals surface area contributed by atoms with Gasteiger partial charge in [0.05, 0.1) is 18.4 Å². The minimum absolute atomic E-state index is 0.0847. The zero-order valence-electron chi connectivity index (χ0n) is 12.1. The van der Waals surface area contributed by atoms with E-state index in [-0.39, 0.29) is 18.5 Å². The number of carbonyl (C=O) groups is 2. The first-order valence-electron chi connectivity index (χ1n) is 6.36. The van der Waals surface area contributed by atoms with Crippen molar-refractivity contribution in [2.45, 2.75) is 11.7 Å². The van der Waals surface area contributed by atoms with Crippen LogP contribution in [0.3, 0.4) is 0 Å². The lowest BCUT2D eigenvalue weighted by Crippen LogP contribution is -2.32. The van der Waals surface area contributed by atoms with Crippen LogP contribution < -0.4 is 15.4 Å². The molecule has 1 aliphatic heterocycles. The smallest absolute Gasteiger partial charge is 0.339 e. The van der Waals surface area contributed by atoms with E-state index in [2.05, 4.69) is 15.0 Å². The Bertz CT molecular complexity index is 718. The summed E-state index contributed by atoms with van der Waals surface area (Å²) in [6, 6.07) is 1.42. The molecule has 2 rings (SSSR count). The predicted octanol–water partition coefficient (Wildman–Crippen LogP) is -0.696. The average Bonchev–Trinajstić information content (AvgIpc) is 2.87. The first kappa shape index (κ1) is 16.2. The van der Waals surface area contributed by atoms with Crippen LogP contribution in [-0.2, 0) is 19.6 Å². The summed E-state index contributed by atoms with van der Waals surface area (Å²) in [6.45, 7) is -0.0847. The molecular formula is C12H16N4O5S. The minimum Gasteiger partial charge on any atom is -0.465 e. The highest BCUT2D eigenvalue weighted by molar-refractivity contribution is 7.89. The number of hydrogen-bond donors (Lipinski definition) is 2. The van der Waals surface area contributed by atoms with Crippen LogP contribution >= 0.6 is 0 Å². The van der Waals surface area contributed by atoms with E-state index in [1.807, 2.05) is 0 Å². The largest absolute Gasteiger partial charge is 0.465 e. The van der Waals surface area contributed by atoms with E-state index in [1.54, 1.807) is 7.05 Å². The molecule has 3 N–H and O–H groups in total.